The number of nitrogens with zero attached hydrogens (tertiary/aromatic N) is 2. The first-order valence-electron chi connectivity index (χ1n) is 11.2. The molecule has 7 heteroatoms. The van der Waals surface area contributed by atoms with E-state index in [-0.39, 0.29) is 6.09 Å². The molecule has 0 atom stereocenters. The van der Waals surface area contributed by atoms with Crippen molar-refractivity contribution < 1.29 is 14.1 Å². The SMILES string of the molecule is C/C(=C\c1c(-c2c(Cl)cccc2Cl)noc1C1CC1)C1CCN(C(=O)OC(C)(C)C)CC1. The number of benzene rings is 1. The minimum absolute atomic E-state index is 0.233. The Kier molecular flexibility index (Phi) is 6.60. The van der Waals surface area contributed by atoms with Crippen LogP contribution in [0.15, 0.2) is 28.3 Å². The van der Waals surface area contributed by atoms with Gasteiger partial charge in [0.05, 0.1) is 10.0 Å². The van der Waals surface area contributed by atoms with Crippen molar-refractivity contribution in [3.8, 4) is 11.3 Å². The lowest BCUT2D eigenvalue weighted by Gasteiger charge is -2.33. The highest BCUT2D eigenvalue weighted by atomic mass is 35.5. The zero-order valence-corrected chi connectivity index (χ0v) is 20.6. The summed E-state index contributed by atoms with van der Waals surface area (Å²) in [6, 6.07) is 5.47. The predicted octanol–water partition coefficient (Wildman–Crippen LogP) is 7.58. The van der Waals surface area contributed by atoms with E-state index in [9.17, 15) is 4.79 Å². The maximum absolute atomic E-state index is 12.4. The molecule has 32 heavy (non-hydrogen) atoms. The van der Waals surface area contributed by atoms with Crippen LogP contribution in [0.2, 0.25) is 10.0 Å². The molecule has 1 aromatic carbocycles. The maximum Gasteiger partial charge on any atom is 0.410 e. The van der Waals surface area contributed by atoms with E-state index >= 15 is 0 Å². The number of aromatic nitrogens is 1. The molecular formula is C25H30Cl2N2O3. The van der Waals surface area contributed by atoms with Gasteiger partial charge >= 0.3 is 6.09 Å². The lowest BCUT2D eigenvalue weighted by atomic mass is 9.88. The monoisotopic (exact) mass is 476 g/mol. The van der Waals surface area contributed by atoms with Gasteiger partial charge in [0.15, 0.2) is 0 Å². The number of ether oxygens (including phenoxy) is 1. The first-order chi connectivity index (χ1) is 15.1. The summed E-state index contributed by atoms with van der Waals surface area (Å²) in [5.74, 6) is 1.71. The Morgan fingerprint density at radius 2 is 1.78 bits per heavy atom. The Bertz CT molecular complexity index is 1010. The first-order valence-corrected chi connectivity index (χ1v) is 12.0. The fourth-order valence-corrected chi connectivity index (χ4v) is 4.76. The van der Waals surface area contributed by atoms with E-state index in [2.05, 4.69) is 18.2 Å². The molecule has 4 rings (SSSR count). The van der Waals surface area contributed by atoms with Crippen molar-refractivity contribution in [2.24, 2.45) is 5.92 Å². The standard InChI is InChI=1S/C25H30Cl2N2O3/c1-15(16-10-12-29(13-11-16)24(30)31-25(2,3)4)14-18-22(28-32-23(18)17-8-9-17)21-19(26)6-5-7-20(21)27/h5-7,14,16-17H,8-13H2,1-4H3/b15-14+. The largest absolute Gasteiger partial charge is 0.444 e. The first kappa shape index (κ1) is 23.2. The molecule has 0 N–H and O–H groups in total. The zero-order valence-electron chi connectivity index (χ0n) is 19.1. The van der Waals surface area contributed by atoms with Gasteiger partial charge in [-0.1, -0.05) is 40.0 Å². The van der Waals surface area contributed by atoms with Gasteiger partial charge in [-0.2, -0.15) is 0 Å². The van der Waals surface area contributed by atoms with E-state index in [1.807, 2.05) is 39.0 Å². The van der Waals surface area contributed by atoms with Gasteiger partial charge in [0.25, 0.3) is 0 Å². The summed E-state index contributed by atoms with van der Waals surface area (Å²) in [5, 5.41) is 5.50. The molecule has 1 saturated heterocycles. The number of halogens is 2. The fourth-order valence-electron chi connectivity index (χ4n) is 4.18. The number of rotatable bonds is 4. The lowest BCUT2D eigenvalue weighted by Crippen LogP contribution is -2.41. The summed E-state index contributed by atoms with van der Waals surface area (Å²) in [6.45, 7) is 9.20. The van der Waals surface area contributed by atoms with E-state index in [0.29, 0.717) is 46.2 Å². The van der Waals surface area contributed by atoms with Crippen molar-refractivity contribution in [3.63, 3.8) is 0 Å². The molecule has 0 spiro atoms. The summed E-state index contributed by atoms with van der Waals surface area (Å²) in [5.41, 5.74) is 3.17. The topological polar surface area (TPSA) is 55.6 Å². The van der Waals surface area contributed by atoms with Gasteiger partial charge in [0.1, 0.15) is 17.1 Å². The molecule has 2 fully saturated rings. The number of carbonyl (C=O) groups is 1. The molecule has 1 amide bonds. The molecule has 2 aliphatic rings. The highest BCUT2D eigenvalue weighted by molar-refractivity contribution is 6.39. The van der Waals surface area contributed by atoms with Crippen LogP contribution in [0, 0.1) is 5.92 Å². The highest BCUT2D eigenvalue weighted by Gasteiger charge is 2.33. The molecular weight excluding hydrogens is 447 g/mol. The zero-order chi connectivity index (χ0) is 23.0. The molecule has 1 saturated carbocycles. The van der Waals surface area contributed by atoms with Gasteiger partial charge in [0, 0.05) is 30.1 Å². The van der Waals surface area contributed by atoms with E-state index in [4.69, 9.17) is 32.5 Å². The van der Waals surface area contributed by atoms with Crippen LogP contribution >= 0.6 is 23.2 Å². The van der Waals surface area contributed by atoms with Crippen molar-refractivity contribution in [1.82, 2.24) is 10.1 Å². The highest BCUT2D eigenvalue weighted by Crippen LogP contribution is 2.47. The lowest BCUT2D eigenvalue weighted by molar-refractivity contribution is 0.0194. The van der Waals surface area contributed by atoms with Crippen LogP contribution in [0.5, 0.6) is 0 Å². The fraction of sp³-hybridized carbons (Fsp3) is 0.520. The third kappa shape index (κ3) is 5.15. The number of allylic oxidation sites excluding steroid dienone is 1. The van der Waals surface area contributed by atoms with Crippen LogP contribution in [-0.4, -0.2) is 34.8 Å². The van der Waals surface area contributed by atoms with Crippen molar-refractivity contribution in [2.75, 3.05) is 13.1 Å². The Hall–Kier alpha value is -1.98. The van der Waals surface area contributed by atoms with E-state index in [1.165, 1.54) is 5.57 Å². The molecule has 1 aromatic heterocycles. The van der Waals surface area contributed by atoms with E-state index < -0.39 is 5.60 Å². The second-order valence-corrected chi connectivity index (χ2v) is 10.6. The molecule has 172 valence electrons. The summed E-state index contributed by atoms with van der Waals surface area (Å²) < 4.78 is 11.3. The van der Waals surface area contributed by atoms with Crippen molar-refractivity contribution in [1.29, 1.82) is 0 Å². The van der Waals surface area contributed by atoms with Gasteiger partial charge in [-0.25, -0.2) is 4.79 Å². The smallest absolute Gasteiger partial charge is 0.410 e. The molecule has 2 heterocycles. The Morgan fingerprint density at radius 1 is 1.16 bits per heavy atom. The number of amides is 1. The summed E-state index contributed by atoms with van der Waals surface area (Å²) in [4.78, 5) is 14.2. The van der Waals surface area contributed by atoms with Gasteiger partial charge in [-0.05, 0) is 77.5 Å². The number of hydrogen-bond donors (Lipinski definition) is 0. The maximum atomic E-state index is 12.4. The van der Waals surface area contributed by atoms with Crippen LogP contribution in [0.1, 0.15) is 70.6 Å². The summed E-state index contributed by atoms with van der Waals surface area (Å²) in [6.07, 6.45) is 5.97. The van der Waals surface area contributed by atoms with Gasteiger partial charge in [-0.3, -0.25) is 0 Å². The van der Waals surface area contributed by atoms with Crippen molar-refractivity contribution in [2.45, 2.75) is 64.9 Å². The predicted molar refractivity (Wildman–Crippen MR) is 128 cm³/mol. The molecule has 5 nitrogen and oxygen atoms in total. The van der Waals surface area contributed by atoms with Gasteiger partial charge < -0.3 is 14.2 Å². The number of carbonyl (C=O) groups excluding carboxylic acids is 1. The number of piperidine rings is 1. The van der Waals surface area contributed by atoms with Crippen LogP contribution in [0.3, 0.4) is 0 Å². The van der Waals surface area contributed by atoms with Gasteiger partial charge in [-0.15, -0.1) is 0 Å². The number of hydrogen-bond acceptors (Lipinski definition) is 4. The quantitative estimate of drug-likeness (QED) is 0.456. The minimum Gasteiger partial charge on any atom is -0.444 e. The Labute approximate surface area is 199 Å². The molecule has 1 aliphatic carbocycles. The summed E-state index contributed by atoms with van der Waals surface area (Å²) in [7, 11) is 0. The van der Waals surface area contributed by atoms with Crippen LogP contribution in [0.25, 0.3) is 17.3 Å². The second kappa shape index (κ2) is 9.11. The minimum atomic E-state index is -0.479. The molecule has 1 aliphatic heterocycles. The molecule has 2 aromatic rings. The van der Waals surface area contributed by atoms with E-state index in [0.717, 1.165) is 37.0 Å². The van der Waals surface area contributed by atoms with Crippen LogP contribution < -0.4 is 0 Å². The van der Waals surface area contributed by atoms with Crippen LogP contribution in [-0.2, 0) is 4.74 Å². The molecule has 0 bridgehead atoms. The second-order valence-electron chi connectivity index (χ2n) is 9.81. The third-order valence-corrected chi connectivity index (χ3v) is 6.70. The average Bonchev–Trinajstić information content (AvgIpc) is 3.49. The van der Waals surface area contributed by atoms with E-state index in [1.54, 1.807) is 4.90 Å². The van der Waals surface area contributed by atoms with Crippen molar-refractivity contribution in [3.05, 3.63) is 45.1 Å². The van der Waals surface area contributed by atoms with Crippen LogP contribution in [0.4, 0.5) is 4.79 Å². The molecule has 0 radical (unpaired) electrons. The van der Waals surface area contributed by atoms with Gasteiger partial charge in [0.2, 0.25) is 0 Å². The normalized spacial score (nSPS) is 18.2. The van der Waals surface area contributed by atoms with Crippen molar-refractivity contribution >= 4 is 35.4 Å². The average molecular weight is 477 g/mol. The Morgan fingerprint density at radius 3 is 2.34 bits per heavy atom. The summed E-state index contributed by atoms with van der Waals surface area (Å²) >= 11 is 13.0. The number of likely N-dealkylation sites (tertiary alicyclic amines) is 1. The Balaban J connectivity index is 1.55. The third-order valence-electron chi connectivity index (χ3n) is 6.07. The molecule has 0 unspecified atom stereocenters.